The van der Waals surface area contributed by atoms with Gasteiger partial charge in [0.1, 0.15) is 28.7 Å². The highest BCUT2D eigenvalue weighted by Gasteiger charge is 2.38. The lowest BCUT2D eigenvalue weighted by atomic mass is 9.78. The average molecular weight is 378 g/mol. The first-order valence-corrected chi connectivity index (χ1v) is 8.71. The number of carboxylic acid groups (broad SMARTS) is 1. The first-order valence-electron chi connectivity index (χ1n) is 8.71. The SMILES string of the molecule is COC(=O)[C@](C)(N)CN1CC(Oc2ccc3c(c2C(=O)O)OB(O)CC3)C1. The van der Waals surface area contributed by atoms with E-state index >= 15 is 0 Å². The number of benzene rings is 1. The van der Waals surface area contributed by atoms with Crippen molar-refractivity contribution < 1.29 is 33.8 Å². The van der Waals surface area contributed by atoms with Crippen molar-refractivity contribution in [1.82, 2.24) is 4.90 Å². The van der Waals surface area contributed by atoms with Crippen LogP contribution in [0.1, 0.15) is 22.8 Å². The number of carbonyl (C=O) groups is 2. The second-order valence-electron chi connectivity index (χ2n) is 7.19. The van der Waals surface area contributed by atoms with E-state index in [9.17, 15) is 19.7 Å². The van der Waals surface area contributed by atoms with E-state index in [2.05, 4.69) is 4.74 Å². The van der Waals surface area contributed by atoms with Crippen molar-refractivity contribution >= 4 is 19.1 Å². The van der Waals surface area contributed by atoms with Crippen LogP contribution < -0.4 is 15.1 Å². The standard InChI is InChI=1S/C17H23BN2O7/c1-17(19,16(23)25-2)9-20-7-11(8-20)26-12-4-3-10-5-6-18(24)27-14(10)13(12)15(21)22/h3-4,11,24H,5-9,19H2,1-2H3,(H,21,22)/t17-/m1/s1. The fourth-order valence-electron chi connectivity index (χ4n) is 3.38. The molecule has 0 amide bonds. The second-order valence-corrected chi connectivity index (χ2v) is 7.19. The van der Waals surface area contributed by atoms with E-state index in [0.717, 1.165) is 5.56 Å². The summed E-state index contributed by atoms with van der Waals surface area (Å²) in [6.45, 7) is 2.92. The van der Waals surface area contributed by atoms with Crippen LogP contribution in [0.5, 0.6) is 11.5 Å². The number of carbonyl (C=O) groups excluding carboxylic acids is 1. The predicted molar refractivity (Wildman–Crippen MR) is 96.0 cm³/mol. The Balaban J connectivity index is 1.67. The Kier molecular flexibility index (Phi) is 5.32. The van der Waals surface area contributed by atoms with Crippen LogP contribution in [-0.4, -0.2) is 72.5 Å². The number of likely N-dealkylation sites (tertiary alicyclic amines) is 1. The number of hydrogen-bond donors (Lipinski definition) is 3. The number of fused-ring (bicyclic) bond motifs is 1. The first-order chi connectivity index (χ1) is 12.7. The quantitative estimate of drug-likeness (QED) is 0.453. The van der Waals surface area contributed by atoms with Crippen LogP contribution in [0.25, 0.3) is 0 Å². The number of aryl methyl sites for hydroxylation is 1. The van der Waals surface area contributed by atoms with E-state index in [1.807, 2.05) is 4.90 Å². The van der Waals surface area contributed by atoms with E-state index in [0.29, 0.717) is 32.4 Å². The normalized spacial score (nSPS) is 19.3. The Morgan fingerprint density at radius 2 is 2.15 bits per heavy atom. The third-order valence-corrected chi connectivity index (χ3v) is 4.75. The van der Waals surface area contributed by atoms with Crippen molar-refractivity contribution in [2.45, 2.75) is 31.3 Å². The minimum atomic E-state index is -1.17. The predicted octanol–water partition coefficient (Wildman–Crippen LogP) is -0.246. The van der Waals surface area contributed by atoms with Gasteiger partial charge in [-0.1, -0.05) is 6.07 Å². The molecule has 2 aliphatic rings. The first kappa shape index (κ1) is 19.5. The molecular formula is C17H23BN2O7. The van der Waals surface area contributed by atoms with Crippen molar-refractivity contribution in [3.63, 3.8) is 0 Å². The zero-order valence-corrected chi connectivity index (χ0v) is 15.3. The molecule has 0 bridgehead atoms. The number of nitrogens with two attached hydrogens (primary N) is 1. The van der Waals surface area contributed by atoms with Crippen molar-refractivity contribution in [3.8, 4) is 11.5 Å². The minimum Gasteiger partial charge on any atom is -0.535 e. The summed E-state index contributed by atoms with van der Waals surface area (Å²) < 4.78 is 15.9. The third-order valence-electron chi connectivity index (χ3n) is 4.75. The summed E-state index contributed by atoms with van der Waals surface area (Å²) in [5, 5.41) is 19.3. The molecule has 1 saturated heterocycles. The maximum Gasteiger partial charge on any atom is 0.522 e. The molecule has 2 aliphatic heterocycles. The molecule has 0 radical (unpaired) electrons. The van der Waals surface area contributed by atoms with Crippen LogP contribution >= 0.6 is 0 Å². The van der Waals surface area contributed by atoms with E-state index in [-0.39, 0.29) is 23.2 Å². The molecule has 9 nitrogen and oxygen atoms in total. The molecule has 1 aromatic rings. The van der Waals surface area contributed by atoms with E-state index in [1.165, 1.54) is 7.11 Å². The Bertz CT molecular complexity index is 749. The fraction of sp³-hybridized carbons (Fsp3) is 0.529. The molecule has 27 heavy (non-hydrogen) atoms. The zero-order valence-electron chi connectivity index (χ0n) is 15.3. The molecule has 10 heteroatoms. The van der Waals surface area contributed by atoms with Crippen molar-refractivity contribution in [3.05, 3.63) is 23.3 Å². The van der Waals surface area contributed by atoms with E-state index in [4.69, 9.17) is 15.1 Å². The Morgan fingerprint density at radius 3 is 2.78 bits per heavy atom. The lowest BCUT2D eigenvalue weighted by Gasteiger charge is -2.42. The molecule has 4 N–H and O–H groups in total. The van der Waals surface area contributed by atoms with Gasteiger partial charge in [0.15, 0.2) is 0 Å². The summed E-state index contributed by atoms with van der Waals surface area (Å²) in [5.74, 6) is -1.31. The molecule has 146 valence electrons. The second kappa shape index (κ2) is 7.38. The molecule has 0 saturated carbocycles. The van der Waals surface area contributed by atoms with Crippen LogP contribution in [0.4, 0.5) is 0 Å². The van der Waals surface area contributed by atoms with Gasteiger partial charge in [0, 0.05) is 19.6 Å². The monoisotopic (exact) mass is 378 g/mol. The zero-order chi connectivity index (χ0) is 19.8. The summed E-state index contributed by atoms with van der Waals surface area (Å²) in [4.78, 5) is 25.3. The maximum absolute atomic E-state index is 11.7. The molecule has 1 atom stereocenters. The molecular weight excluding hydrogens is 355 g/mol. The van der Waals surface area contributed by atoms with Gasteiger partial charge >= 0.3 is 19.1 Å². The highest BCUT2D eigenvalue weighted by atomic mass is 16.5. The van der Waals surface area contributed by atoms with Crippen molar-refractivity contribution in [1.29, 1.82) is 0 Å². The van der Waals surface area contributed by atoms with Crippen LogP contribution in [0.15, 0.2) is 12.1 Å². The smallest absolute Gasteiger partial charge is 0.522 e. The van der Waals surface area contributed by atoms with Crippen molar-refractivity contribution in [2.24, 2.45) is 5.73 Å². The molecule has 3 rings (SSSR count). The van der Waals surface area contributed by atoms with Gasteiger partial charge < -0.3 is 30.0 Å². The number of ether oxygens (including phenoxy) is 2. The molecule has 1 aromatic carbocycles. The van der Waals surface area contributed by atoms with Crippen molar-refractivity contribution in [2.75, 3.05) is 26.7 Å². The van der Waals surface area contributed by atoms with Gasteiger partial charge in [-0.3, -0.25) is 9.69 Å². The lowest BCUT2D eigenvalue weighted by molar-refractivity contribution is -0.148. The number of esters is 1. The maximum atomic E-state index is 11.7. The Morgan fingerprint density at radius 1 is 1.44 bits per heavy atom. The molecule has 0 aliphatic carbocycles. The van der Waals surface area contributed by atoms with Gasteiger partial charge in [-0.2, -0.15) is 0 Å². The summed E-state index contributed by atoms with van der Waals surface area (Å²) in [5.41, 5.74) is 5.49. The van der Waals surface area contributed by atoms with E-state index < -0.39 is 24.6 Å². The minimum absolute atomic E-state index is 0.0806. The summed E-state index contributed by atoms with van der Waals surface area (Å²) in [6, 6.07) is 3.38. The number of hydrogen-bond acceptors (Lipinski definition) is 8. The van der Waals surface area contributed by atoms with Gasteiger partial charge in [-0.15, -0.1) is 0 Å². The van der Waals surface area contributed by atoms with Gasteiger partial charge in [0.2, 0.25) is 0 Å². The molecule has 0 spiro atoms. The Hall–Kier alpha value is -2.30. The number of rotatable bonds is 6. The van der Waals surface area contributed by atoms with Gasteiger partial charge in [-0.25, -0.2) is 4.79 Å². The van der Waals surface area contributed by atoms with Crippen LogP contribution in [-0.2, 0) is 16.0 Å². The molecule has 0 aromatic heterocycles. The van der Waals surface area contributed by atoms with E-state index in [1.54, 1.807) is 19.1 Å². The molecule has 2 heterocycles. The summed E-state index contributed by atoms with van der Waals surface area (Å²) >= 11 is 0. The number of carboxylic acids is 1. The number of nitrogens with zero attached hydrogens (tertiary/aromatic N) is 1. The third kappa shape index (κ3) is 4.02. The molecule has 1 fully saturated rings. The highest BCUT2D eigenvalue weighted by molar-refractivity contribution is 6.44. The summed E-state index contributed by atoms with van der Waals surface area (Å²) in [7, 11) is 0.267. The van der Waals surface area contributed by atoms with Gasteiger partial charge in [0.05, 0.1) is 7.11 Å². The average Bonchev–Trinajstić information content (AvgIpc) is 2.58. The topological polar surface area (TPSA) is 132 Å². The largest absolute Gasteiger partial charge is 0.535 e. The van der Waals surface area contributed by atoms with Gasteiger partial charge in [-0.05, 0) is 31.3 Å². The van der Waals surface area contributed by atoms with Crippen LogP contribution in [0.3, 0.4) is 0 Å². The molecule has 0 unspecified atom stereocenters. The van der Waals surface area contributed by atoms with Gasteiger partial charge in [0.25, 0.3) is 0 Å². The highest BCUT2D eigenvalue weighted by Crippen LogP contribution is 2.37. The summed E-state index contributed by atoms with van der Waals surface area (Å²) in [6.07, 6.45) is 0.724. The number of aromatic carboxylic acids is 1. The number of methoxy groups -OCH3 is 1. The lowest BCUT2D eigenvalue weighted by Crippen LogP contribution is -2.62. The fourth-order valence-corrected chi connectivity index (χ4v) is 3.38. The van der Waals surface area contributed by atoms with Crippen LogP contribution in [0, 0.1) is 0 Å². The van der Waals surface area contributed by atoms with Crippen LogP contribution in [0.2, 0.25) is 6.32 Å². The Labute approximate surface area is 157 Å².